The van der Waals surface area contributed by atoms with Gasteiger partial charge in [0.1, 0.15) is 0 Å². The van der Waals surface area contributed by atoms with E-state index in [0.717, 1.165) is 34.1 Å². The largest absolute Gasteiger partial charge is 0.399 e. The summed E-state index contributed by atoms with van der Waals surface area (Å²) in [6, 6.07) is 40.7. The highest BCUT2D eigenvalue weighted by molar-refractivity contribution is 5.85. The molecule has 0 unspecified atom stereocenters. The maximum Gasteiger partial charge on any atom is 0.0503 e. The van der Waals surface area contributed by atoms with Crippen molar-refractivity contribution in [3.8, 4) is 0 Å². The van der Waals surface area contributed by atoms with Gasteiger partial charge >= 0.3 is 0 Å². The first-order chi connectivity index (χ1) is 17.9. The van der Waals surface area contributed by atoms with Crippen LogP contribution in [0.4, 0.5) is 39.8 Å². The fraction of sp³-hybridized carbons (Fsp3) is 0.118. The molecule has 0 radical (unpaired) electrons. The lowest BCUT2D eigenvalue weighted by Crippen LogP contribution is -2.14. The van der Waals surface area contributed by atoms with Crippen LogP contribution in [0.15, 0.2) is 115 Å². The third kappa shape index (κ3) is 5.36. The first-order valence-electron chi connectivity index (χ1n) is 12.6. The smallest absolute Gasteiger partial charge is 0.0503 e. The van der Waals surface area contributed by atoms with Gasteiger partial charge in [-0.05, 0) is 117 Å². The molecule has 0 fully saturated rings. The molecular weight excluding hydrogens is 450 g/mol. The van der Waals surface area contributed by atoms with Gasteiger partial charge in [0.25, 0.3) is 0 Å². The first kappa shape index (κ1) is 24.2. The minimum absolute atomic E-state index is 0.711. The van der Waals surface area contributed by atoms with E-state index in [0.29, 0.717) is 5.69 Å². The predicted molar refractivity (Wildman–Crippen MR) is 159 cm³/mol. The Balaban J connectivity index is 1.73. The van der Waals surface area contributed by atoms with Gasteiger partial charge in [-0.25, -0.2) is 0 Å². The number of nitrogens with two attached hydrogens (primary N) is 1. The average Bonchev–Trinajstić information content (AvgIpc) is 2.84. The van der Waals surface area contributed by atoms with E-state index in [1.165, 1.54) is 22.3 Å². The number of rotatable bonds is 6. The van der Waals surface area contributed by atoms with E-state index in [9.17, 15) is 0 Å². The maximum absolute atomic E-state index is 6.61. The Bertz CT molecular complexity index is 1350. The van der Waals surface area contributed by atoms with E-state index >= 15 is 0 Å². The van der Waals surface area contributed by atoms with E-state index in [1.54, 1.807) is 0 Å². The van der Waals surface area contributed by atoms with E-state index in [2.05, 4.69) is 153 Å². The Morgan fingerprint density at radius 1 is 0.378 bits per heavy atom. The topological polar surface area (TPSA) is 32.5 Å². The van der Waals surface area contributed by atoms with Gasteiger partial charge < -0.3 is 15.5 Å². The van der Waals surface area contributed by atoms with Crippen LogP contribution in [0.5, 0.6) is 0 Å². The lowest BCUT2D eigenvalue weighted by atomic mass is 10.1. The molecule has 5 rings (SSSR count). The minimum Gasteiger partial charge on any atom is -0.399 e. The lowest BCUT2D eigenvalue weighted by molar-refractivity contribution is 1.23. The molecule has 5 aromatic rings. The van der Waals surface area contributed by atoms with Crippen LogP contribution < -0.4 is 15.5 Å². The molecule has 0 atom stereocenters. The molecule has 0 aromatic heterocycles. The molecule has 0 spiro atoms. The molecule has 0 bridgehead atoms. The first-order valence-corrected chi connectivity index (χ1v) is 12.6. The third-order valence-electron chi connectivity index (χ3n) is 6.48. The summed E-state index contributed by atoms with van der Waals surface area (Å²) in [5.74, 6) is 0. The van der Waals surface area contributed by atoms with Crippen LogP contribution in [0, 0.1) is 27.7 Å². The molecule has 0 aliphatic heterocycles. The molecule has 37 heavy (non-hydrogen) atoms. The number of aryl methyl sites for hydroxylation is 4. The Morgan fingerprint density at radius 3 is 0.946 bits per heavy atom. The zero-order valence-corrected chi connectivity index (χ0v) is 21.9. The number of nitrogens with zero attached hydrogens (tertiary/aromatic N) is 2. The SMILES string of the molecule is Cc1cccc(N(c2cccc(C)c2)c2cc(N)cc(N(c3cccc(C)c3)c3cccc(C)c3)c2)c1. The summed E-state index contributed by atoms with van der Waals surface area (Å²) < 4.78 is 0. The van der Waals surface area contributed by atoms with Crippen molar-refractivity contribution in [2.24, 2.45) is 0 Å². The summed E-state index contributed by atoms with van der Waals surface area (Å²) in [5, 5.41) is 0. The van der Waals surface area contributed by atoms with Gasteiger partial charge in [-0.1, -0.05) is 48.5 Å². The van der Waals surface area contributed by atoms with Crippen molar-refractivity contribution in [1.29, 1.82) is 0 Å². The Kier molecular flexibility index (Phi) is 6.70. The van der Waals surface area contributed by atoms with Gasteiger partial charge in [-0.15, -0.1) is 0 Å². The number of anilines is 7. The number of nitrogen functional groups attached to an aromatic ring is 1. The number of benzene rings is 5. The van der Waals surface area contributed by atoms with Crippen LogP contribution >= 0.6 is 0 Å². The van der Waals surface area contributed by atoms with Crippen molar-refractivity contribution in [2.75, 3.05) is 15.5 Å². The molecule has 5 aromatic carbocycles. The quantitative estimate of drug-likeness (QED) is 0.244. The van der Waals surface area contributed by atoms with Crippen LogP contribution in [0.2, 0.25) is 0 Å². The number of hydrogen-bond donors (Lipinski definition) is 1. The van der Waals surface area contributed by atoms with Crippen molar-refractivity contribution in [3.05, 3.63) is 138 Å². The molecule has 3 heteroatoms. The van der Waals surface area contributed by atoms with Crippen LogP contribution in [-0.2, 0) is 0 Å². The lowest BCUT2D eigenvalue weighted by Gasteiger charge is -2.30. The van der Waals surface area contributed by atoms with Gasteiger partial charge in [0.05, 0.1) is 11.4 Å². The zero-order valence-electron chi connectivity index (χ0n) is 21.9. The summed E-state index contributed by atoms with van der Waals surface area (Å²) in [6.45, 7) is 8.50. The second-order valence-electron chi connectivity index (χ2n) is 9.81. The predicted octanol–water partition coefficient (Wildman–Crippen LogP) is 9.44. The maximum atomic E-state index is 6.61. The molecule has 0 saturated heterocycles. The van der Waals surface area contributed by atoms with Gasteiger partial charge in [-0.3, -0.25) is 0 Å². The Labute approximate surface area is 220 Å². The standard InChI is InChI=1S/C34H33N3/c1-24-9-5-13-29(17-24)36(30-14-6-10-25(2)18-30)33-21-28(35)22-34(23-33)37(31-15-7-11-26(3)19-31)32-16-8-12-27(4)20-32/h5-23H,35H2,1-4H3. The highest BCUT2D eigenvalue weighted by Crippen LogP contribution is 2.42. The van der Waals surface area contributed by atoms with Gasteiger partial charge in [0.2, 0.25) is 0 Å². The Morgan fingerprint density at radius 2 is 0.676 bits per heavy atom. The summed E-state index contributed by atoms with van der Waals surface area (Å²) >= 11 is 0. The van der Waals surface area contributed by atoms with Crippen molar-refractivity contribution in [3.63, 3.8) is 0 Å². The average molecular weight is 484 g/mol. The highest BCUT2D eigenvalue weighted by Gasteiger charge is 2.18. The molecule has 0 aliphatic carbocycles. The van der Waals surface area contributed by atoms with E-state index in [-0.39, 0.29) is 0 Å². The minimum atomic E-state index is 0.711. The van der Waals surface area contributed by atoms with E-state index in [4.69, 9.17) is 5.73 Å². The monoisotopic (exact) mass is 483 g/mol. The van der Waals surface area contributed by atoms with Crippen molar-refractivity contribution in [1.82, 2.24) is 0 Å². The van der Waals surface area contributed by atoms with Gasteiger partial charge in [0, 0.05) is 28.4 Å². The van der Waals surface area contributed by atoms with Crippen LogP contribution in [0.3, 0.4) is 0 Å². The van der Waals surface area contributed by atoms with Crippen LogP contribution in [0.25, 0.3) is 0 Å². The molecule has 184 valence electrons. The second kappa shape index (κ2) is 10.2. The van der Waals surface area contributed by atoms with Crippen molar-refractivity contribution < 1.29 is 0 Å². The summed E-state index contributed by atoms with van der Waals surface area (Å²) in [6.07, 6.45) is 0. The van der Waals surface area contributed by atoms with Crippen molar-refractivity contribution in [2.45, 2.75) is 27.7 Å². The molecule has 2 N–H and O–H groups in total. The summed E-state index contributed by atoms with van der Waals surface area (Å²) in [7, 11) is 0. The van der Waals surface area contributed by atoms with Crippen LogP contribution in [0.1, 0.15) is 22.3 Å². The van der Waals surface area contributed by atoms with Gasteiger partial charge in [-0.2, -0.15) is 0 Å². The molecular formula is C34H33N3. The summed E-state index contributed by atoms with van der Waals surface area (Å²) in [5.41, 5.74) is 18.6. The zero-order chi connectivity index (χ0) is 25.9. The molecule has 0 saturated carbocycles. The second-order valence-corrected chi connectivity index (χ2v) is 9.81. The van der Waals surface area contributed by atoms with Crippen LogP contribution in [-0.4, -0.2) is 0 Å². The third-order valence-corrected chi connectivity index (χ3v) is 6.48. The fourth-order valence-electron chi connectivity index (χ4n) is 4.84. The Hall–Kier alpha value is -4.50. The highest BCUT2D eigenvalue weighted by atomic mass is 15.2. The van der Waals surface area contributed by atoms with Crippen molar-refractivity contribution >= 4 is 39.8 Å². The normalized spacial score (nSPS) is 10.8. The fourth-order valence-corrected chi connectivity index (χ4v) is 4.84. The number of hydrogen-bond acceptors (Lipinski definition) is 3. The van der Waals surface area contributed by atoms with Gasteiger partial charge in [0.15, 0.2) is 0 Å². The van der Waals surface area contributed by atoms with E-state index < -0.39 is 0 Å². The summed E-state index contributed by atoms with van der Waals surface area (Å²) in [4.78, 5) is 4.56. The molecule has 3 nitrogen and oxygen atoms in total. The molecule has 0 heterocycles. The molecule has 0 amide bonds. The van der Waals surface area contributed by atoms with E-state index in [1.807, 2.05) is 0 Å². The molecule has 0 aliphatic rings.